The molecule has 0 radical (unpaired) electrons. The molecule has 4 aromatic rings. The molecule has 0 fully saturated rings. The van der Waals surface area contributed by atoms with Crippen LogP contribution in [0.3, 0.4) is 0 Å². The second kappa shape index (κ2) is 8.60. The summed E-state index contributed by atoms with van der Waals surface area (Å²) in [5.74, 6) is -0.924. The highest BCUT2D eigenvalue weighted by Gasteiger charge is 2.17. The SMILES string of the molecule is CCOC(=O)c1ccsc1NC(=O)Cn1cnc2cc(-c3ccccc3)sc2c1=O. The molecule has 152 valence electrons. The molecule has 0 aliphatic rings. The van der Waals surface area contributed by atoms with Crippen molar-refractivity contribution >= 4 is 49.8 Å². The highest BCUT2D eigenvalue weighted by Crippen LogP contribution is 2.30. The molecule has 30 heavy (non-hydrogen) atoms. The van der Waals surface area contributed by atoms with E-state index >= 15 is 0 Å². The quantitative estimate of drug-likeness (QED) is 0.459. The van der Waals surface area contributed by atoms with E-state index < -0.39 is 11.9 Å². The average molecular weight is 440 g/mol. The summed E-state index contributed by atoms with van der Waals surface area (Å²) in [6.07, 6.45) is 1.37. The number of hydrogen-bond donors (Lipinski definition) is 1. The van der Waals surface area contributed by atoms with Crippen molar-refractivity contribution in [1.82, 2.24) is 9.55 Å². The van der Waals surface area contributed by atoms with Gasteiger partial charge in [0.2, 0.25) is 5.91 Å². The van der Waals surface area contributed by atoms with Gasteiger partial charge in [0.1, 0.15) is 16.2 Å². The third kappa shape index (κ3) is 4.03. The second-order valence-electron chi connectivity index (χ2n) is 6.30. The maximum Gasteiger partial charge on any atom is 0.341 e. The molecule has 1 N–H and O–H groups in total. The van der Waals surface area contributed by atoms with Gasteiger partial charge in [-0.05, 0) is 30.0 Å². The fourth-order valence-electron chi connectivity index (χ4n) is 2.90. The zero-order valence-electron chi connectivity index (χ0n) is 16.0. The molecule has 3 aromatic heterocycles. The molecule has 0 bridgehead atoms. The lowest BCUT2D eigenvalue weighted by atomic mass is 10.2. The van der Waals surface area contributed by atoms with E-state index in [2.05, 4.69) is 10.3 Å². The molecule has 0 atom stereocenters. The summed E-state index contributed by atoms with van der Waals surface area (Å²) >= 11 is 2.57. The number of nitrogens with one attached hydrogen (secondary N) is 1. The molecule has 1 aromatic carbocycles. The first kappa shape index (κ1) is 20.0. The Balaban J connectivity index is 1.55. The lowest BCUT2D eigenvalue weighted by Crippen LogP contribution is -2.27. The minimum Gasteiger partial charge on any atom is -0.462 e. The van der Waals surface area contributed by atoms with Gasteiger partial charge in [-0.3, -0.25) is 14.2 Å². The van der Waals surface area contributed by atoms with E-state index in [1.807, 2.05) is 36.4 Å². The van der Waals surface area contributed by atoms with Crippen molar-refractivity contribution in [1.29, 1.82) is 0 Å². The minimum atomic E-state index is -0.499. The summed E-state index contributed by atoms with van der Waals surface area (Å²) in [5.41, 5.74) is 1.62. The highest BCUT2D eigenvalue weighted by molar-refractivity contribution is 7.22. The first-order valence-corrected chi connectivity index (χ1v) is 10.8. The molecule has 1 amide bonds. The van der Waals surface area contributed by atoms with Gasteiger partial charge in [-0.2, -0.15) is 0 Å². The van der Waals surface area contributed by atoms with Crippen LogP contribution in [-0.4, -0.2) is 28.0 Å². The largest absolute Gasteiger partial charge is 0.462 e. The lowest BCUT2D eigenvalue weighted by molar-refractivity contribution is -0.116. The standard InChI is InChI=1S/C21H17N3O4S2/c1-2-28-21(27)14-8-9-29-19(14)23-17(25)11-24-12-22-15-10-16(30-18(15)20(24)26)13-6-4-3-5-7-13/h3-10,12H,2,11H2,1H3,(H,23,25). The Morgan fingerprint density at radius 3 is 2.77 bits per heavy atom. The van der Waals surface area contributed by atoms with Crippen molar-refractivity contribution in [3.05, 3.63) is 70.1 Å². The normalized spacial score (nSPS) is 10.8. The zero-order valence-corrected chi connectivity index (χ0v) is 17.6. The maximum absolute atomic E-state index is 12.9. The molecule has 0 saturated carbocycles. The van der Waals surface area contributed by atoms with E-state index in [0.29, 0.717) is 20.8 Å². The van der Waals surface area contributed by atoms with Crippen LogP contribution in [0.4, 0.5) is 5.00 Å². The molecule has 0 saturated heterocycles. The number of ether oxygens (including phenoxy) is 1. The fourth-order valence-corrected chi connectivity index (χ4v) is 4.76. The summed E-state index contributed by atoms with van der Waals surface area (Å²) < 4.78 is 6.74. The van der Waals surface area contributed by atoms with Gasteiger partial charge < -0.3 is 10.1 Å². The predicted octanol–water partition coefficient (Wildman–Crippen LogP) is 4.00. The minimum absolute atomic E-state index is 0.208. The molecule has 0 aliphatic carbocycles. The average Bonchev–Trinajstić information content (AvgIpc) is 3.38. The van der Waals surface area contributed by atoms with Gasteiger partial charge in [0.05, 0.1) is 24.0 Å². The van der Waals surface area contributed by atoms with Crippen LogP contribution in [0.2, 0.25) is 0 Å². The van der Waals surface area contributed by atoms with E-state index in [1.54, 1.807) is 18.4 Å². The Bertz CT molecular complexity index is 1270. The number of esters is 1. The van der Waals surface area contributed by atoms with Crippen molar-refractivity contribution < 1.29 is 14.3 Å². The molecule has 9 heteroatoms. The molecular formula is C21H17N3O4S2. The molecule has 7 nitrogen and oxygen atoms in total. The van der Waals surface area contributed by atoms with Crippen LogP contribution in [0.15, 0.2) is 59.0 Å². The number of benzene rings is 1. The zero-order chi connectivity index (χ0) is 21.1. The van der Waals surface area contributed by atoms with Gasteiger partial charge in [-0.15, -0.1) is 22.7 Å². The van der Waals surface area contributed by atoms with Crippen molar-refractivity contribution in [3.63, 3.8) is 0 Å². The Morgan fingerprint density at radius 2 is 2.00 bits per heavy atom. The number of fused-ring (bicyclic) bond motifs is 1. The number of hydrogen-bond acceptors (Lipinski definition) is 7. The molecule has 0 spiro atoms. The van der Waals surface area contributed by atoms with Gasteiger partial charge in [-0.25, -0.2) is 9.78 Å². The first-order chi connectivity index (χ1) is 14.6. The molecular weight excluding hydrogens is 422 g/mol. The number of carbonyl (C=O) groups is 2. The third-order valence-electron chi connectivity index (χ3n) is 4.29. The molecule has 0 unspecified atom stereocenters. The lowest BCUT2D eigenvalue weighted by Gasteiger charge is -2.07. The summed E-state index contributed by atoms with van der Waals surface area (Å²) in [4.78, 5) is 42.6. The van der Waals surface area contributed by atoms with Crippen molar-refractivity contribution in [2.75, 3.05) is 11.9 Å². The smallest absolute Gasteiger partial charge is 0.341 e. The number of nitrogens with zero attached hydrogens (tertiary/aromatic N) is 2. The number of thiophene rings is 2. The Hall–Kier alpha value is -3.30. The Morgan fingerprint density at radius 1 is 1.20 bits per heavy atom. The third-order valence-corrected chi connectivity index (χ3v) is 6.28. The van der Waals surface area contributed by atoms with Crippen molar-refractivity contribution in [3.8, 4) is 10.4 Å². The van der Waals surface area contributed by atoms with Gasteiger partial charge >= 0.3 is 5.97 Å². The Labute approximate surface area is 179 Å². The number of aromatic nitrogens is 2. The van der Waals surface area contributed by atoms with E-state index in [9.17, 15) is 14.4 Å². The monoisotopic (exact) mass is 439 g/mol. The van der Waals surface area contributed by atoms with Gasteiger partial charge in [0, 0.05) is 4.88 Å². The van der Waals surface area contributed by atoms with E-state index in [1.165, 1.54) is 33.6 Å². The van der Waals surface area contributed by atoms with Crippen LogP contribution >= 0.6 is 22.7 Å². The molecule has 3 heterocycles. The van der Waals surface area contributed by atoms with E-state index in [0.717, 1.165) is 10.4 Å². The van der Waals surface area contributed by atoms with Crippen LogP contribution < -0.4 is 10.9 Å². The summed E-state index contributed by atoms with van der Waals surface area (Å²) in [7, 11) is 0. The van der Waals surface area contributed by atoms with Gasteiger partial charge in [-0.1, -0.05) is 30.3 Å². The number of rotatable bonds is 6. The van der Waals surface area contributed by atoms with Gasteiger partial charge in [0.25, 0.3) is 5.56 Å². The fraction of sp³-hybridized carbons (Fsp3) is 0.143. The van der Waals surface area contributed by atoms with E-state index in [4.69, 9.17) is 4.74 Å². The van der Waals surface area contributed by atoms with Crippen LogP contribution in [0.1, 0.15) is 17.3 Å². The van der Waals surface area contributed by atoms with Crippen LogP contribution in [0, 0.1) is 0 Å². The molecule has 4 rings (SSSR count). The topological polar surface area (TPSA) is 90.3 Å². The first-order valence-electron chi connectivity index (χ1n) is 9.15. The summed E-state index contributed by atoms with van der Waals surface area (Å²) in [6.45, 7) is 1.75. The Kier molecular flexibility index (Phi) is 5.73. The number of anilines is 1. The molecule has 0 aliphatic heterocycles. The summed E-state index contributed by atoms with van der Waals surface area (Å²) in [5, 5.41) is 4.76. The van der Waals surface area contributed by atoms with Crippen LogP contribution in [-0.2, 0) is 16.1 Å². The second-order valence-corrected chi connectivity index (χ2v) is 8.27. The van der Waals surface area contributed by atoms with Crippen molar-refractivity contribution in [2.24, 2.45) is 0 Å². The number of carbonyl (C=O) groups excluding carboxylic acids is 2. The number of amides is 1. The highest BCUT2D eigenvalue weighted by atomic mass is 32.1. The maximum atomic E-state index is 12.9. The van der Waals surface area contributed by atoms with Crippen molar-refractivity contribution in [2.45, 2.75) is 13.5 Å². The van der Waals surface area contributed by atoms with Crippen LogP contribution in [0.25, 0.3) is 20.7 Å². The van der Waals surface area contributed by atoms with Crippen LogP contribution in [0.5, 0.6) is 0 Å². The van der Waals surface area contributed by atoms with E-state index in [-0.39, 0.29) is 18.7 Å². The summed E-state index contributed by atoms with van der Waals surface area (Å²) in [6, 6.07) is 13.2. The van der Waals surface area contributed by atoms with Gasteiger partial charge in [0.15, 0.2) is 0 Å². The predicted molar refractivity (Wildman–Crippen MR) is 118 cm³/mol.